The number of aromatic nitrogens is 2. The summed E-state index contributed by atoms with van der Waals surface area (Å²) >= 11 is 0. The molecule has 0 aliphatic heterocycles. The van der Waals surface area contributed by atoms with Gasteiger partial charge in [0.05, 0.1) is 0 Å². The second-order valence-electron chi connectivity index (χ2n) is 4.68. The van der Waals surface area contributed by atoms with Crippen LogP contribution in [0.25, 0.3) is 0 Å². The number of rotatable bonds is 8. The van der Waals surface area contributed by atoms with Crippen LogP contribution in [-0.4, -0.2) is 22.6 Å². The molecule has 0 saturated heterocycles. The van der Waals surface area contributed by atoms with Gasteiger partial charge in [-0.05, 0) is 13.3 Å². The molecule has 1 N–H and O–H groups in total. The second-order valence-corrected chi connectivity index (χ2v) is 4.68. The van der Waals surface area contributed by atoms with Crippen LogP contribution in [0.4, 0.5) is 0 Å². The van der Waals surface area contributed by atoms with E-state index in [4.69, 9.17) is 4.74 Å². The van der Waals surface area contributed by atoms with E-state index in [2.05, 4.69) is 36.1 Å². The maximum atomic E-state index is 5.35. The largest absolute Gasteiger partial charge is 0.374 e. The first-order chi connectivity index (χ1) is 8.67. The molecule has 0 saturated carbocycles. The van der Waals surface area contributed by atoms with E-state index in [0.717, 1.165) is 30.9 Å². The predicted octanol–water partition coefficient (Wildman–Crippen LogP) is 2.46. The van der Waals surface area contributed by atoms with E-state index in [-0.39, 0.29) is 0 Å². The zero-order chi connectivity index (χ0) is 13.4. The molecule has 0 radical (unpaired) electrons. The van der Waals surface area contributed by atoms with Crippen LogP contribution in [-0.2, 0) is 24.3 Å². The Morgan fingerprint density at radius 1 is 1.33 bits per heavy atom. The molecule has 1 aromatic heterocycles. The molecule has 0 aromatic carbocycles. The van der Waals surface area contributed by atoms with E-state index < -0.39 is 0 Å². The Kier molecular flexibility index (Phi) is 6.83. The van der Waals surface area contributed by atoms with Crippen molar-refractivity contribution in [3.8, 4) is 0 Å². The Morgan fingerprint density at radius 3 is 2.72 bits per heavy atom. The van der Waals surface area contributed by atoms with Gasteiger partial charge >= 0.3 is 0 Å². The van der Waals surface area contributed by atoms with Gasteiger partial charge in [-0.1, -0.05) is 27.2 Å². The van der Waals surface area contributed by atoms with E-state index >= 15 is 0 Å². The standard InChI is InChI=1S/C14H25N3O/c1-5-7-13-12(8-15-11(3)4)9-16-14(17-13)10-18-6-2/h9,11,15H,5-8,10H2,1-4H3. The third-order valence-electron chi connectivity index (χ3n) is 2.63. The van der Waals surface area contributed by atoms with Gasteiger partial charge in [-0.25, -0.2) is 9.97 Å². The van der Waals surface area contributed by atoms with Crippen molar-refractivity contribution in [2.45, 2.75) is 59.7 Å². The fraction of sp³-hybridized carbons (Fsp3) is 0.714. The summed E-state index contributed by atoms with van der Waals surface area (Å²) in [5, 5.41) is 3.41. The minimum absolute atomic E-state index is 0.475. The zero-order valence-electron chi connectivity index (χ0n) is 12.0. The molecule has 4 nitrogen and oxygen atoms in total. The Balaban J connectivity index is 2.75. The Morgan fingerprint density at radius 2 is 2.11 bits per heavy atom. The molecular formula is C14H25N3O. The van der Waals surface area contributed by atoms with E-state index in [1.54, 1.807) is 0 Å². The number of nitrogens with one attached hydrogen (secondary N) is 1. The van der Waals surface area contributed by atoms with Crippen molar-refractivity contribution >= 4 is 0 Å². The molecule has 1 aromatic rings. The van der Waals surface area contributed by atoms with Crippen molar-refractivity contribution in [2.75, 3.05) is 6.61 Å². The van der Waals surface area contributed by atoms with Crippen molar-refractivity contribution in [3.63, 3.8) is 0 Å². The Bertz CT molecular complexity index is 353. The molecule has 0 bridgehead atoms. The average molecular weight is 251 g/mol. The second kappa shape index (κ2) is 8.16. The van der Waals surface area contributed by atoms with E-state index in [9.17, 15) is 0 Å². The van der Waals surface area contributed by atoms with Crippen molar-refractivity contribution in [1.82, 2.24) is 15.3 Å². The number of hydrogen-bond donors (Lipinski definition) is 1. The van der Waals surface area contributed by atoms with Crippen LogP contribution in [0.3, 0.4) is 0 Å². The van der Waals surface area contributed by atoms with Gasteiger partial charge in [0.2, 0.25) is 0 Å². The zero-order valence-corrected chi connectivity index (χ0v) is 12.0. The molecule has 4 heteroatoms. The van der Waals surface area contributed by atoms with Gasteiger partial charge < -0.3 is 10.1 Å². The maximum Gasteiger partial charge on any atom is 0.154 e. The lowest BCUT2D eigenvalue weighted by atomic mass is 10.1. The van der Waals surface area contributed by atoms with Gasteiger partial charge in [-0.2, -0.15) is 0 Å². The van der Waals surface area contributed by atoms with E-state index in [0.29, 0.717) is 19.3 Å². The molecule has 1 heterocycles. The molecule has 0 aliphatic carbocycles. The summed E-state index contributed by atoms with van der Waals surface area (Å²) in [6, 6.07) is 0.475. The quantitative estimate of drug-likeness (QED) is 0.771. The van der Waals surface area contributed by atoms with E-state index in [1.807, 2.05) is 13.1 Å². The number of hydrogen-bond acceptors (Lipinski definition) is 4. The highest BCUT2D eigenvalue weighted by Crippen LogP contribution is 2.09. The molecule has 0 atom stereocenters. The summed E-state index contributed by atoms with van der Waals surface area (Å²) in [5.74, 6) is 0.786. The first-order valence-corrected chi connectivity index (χ1v) is 6.82. The molecular weight excluding hydrogens is 226 g/mol. The topological polar surface area (TPSA) is 47.0 Å². The van der Waals surface area contributed by atoms with Gasteiger partial charge in [-0.15, -0.1) is 0 Å². The third-order valence-corrected chi connectivity index (χ3v) is 2.63. The Labute approximate surface area is 110 Å². The van der Waals surface area contributed by atoms with Gasteiger partial charge in [0.25, 0.3) is 0 Å². The molecule has 0 unspecified atom stereocenters. The third kappa shape index (κ3) is 5.10. The van der Waals surface area contributed by atoms with Crippen LogP contribution in [0.15, 0.2) is 6.20 Å². The highest BCUT2D eigenvalue weighted by Gasteiger charge is 2.07. The number of nitrogens with zero attached hydrogens (tertiary/aromatic N) is 2. The minimum Gasteiger partial charge on any atom is -0.374 e. The number of aryl methyl sites for hydroxylation is 1. The molecule has 1 rings (SSSR count). The smallest absolute Gasteiger partial charge is 0.154 e. The lowest BCUT2D eigenvalue weighted by Gasteiger charge is -2.12. The molecule has 0 aliphatic rings. The Hall–Kier alpha value is -1.00. The highest BCUT2D eigenvalue weighted by molar-refractivity contribution is 5.18. The monoisotopic (exact) mass is 251 g/mol. The summed E-state index contributed by atoms with van der Waals surface area (Å²) in [6.45, 7) is 10.5. The van der Waals surface area contributed by atoms with Crippen molar-refractivity contribution in [1.29, 1.82) is 0 Å². The summed E-state index contributed by atoms with van der Waals surface area (Å²) in [7, 11) is 0. The predicted molar refractivity (Wildman–Crippen MR) is 73.3 cm³/mol. The molecule has 0 fully saturated rings. The fourth-order valence-electron chi connectivity index (χ4n) is 1.66. The summed E-state index contributed by atoms with van der Waals surface area (Å²) in [5.41, 5.74) is 2.35. The minimum atomic E-state index is 0.475. The van der Waals surface area contributed by atoms with Gasteiger partial charge in [-0.3, -0.25) is 0 Å². The summed E-state index contributed by atoms with van der Waals surface area (Å²) in [4.78, 5) is 8.96. The highest BCUT2D eigenvalue weighted by atomic mass is 16.5. The number of ether oxygens (including phenoxy) is 1. The van der Waals surface area contributed by atoms with Crippen molar-refractivity contribution in [2.24, 2.45) is 0 Å². The van der Waals surface area contributed by atoms with E-state index in [1.165, 1.54) is 5.56 Å². The fourth-order valence-corrected chi connectivity index (χ4v) is 1.66. The van der Waals surface area contributed by atoms with Crippen LogP contribution in [0, 0.1) is 0 Å². The van der Waals surface area contributed by atoms with Gasteiger partial charge in [0.15, 0.2) is 5.82 Å². The van der Waals surface area contributed by atoms with Crippen LogP contribution < -0.4 is 5.32 Å². The van der Waals surface area contributed by atoms with Crippen LogP contribution in [0.2, 0.25) is 0 Å². The van der Waals surface area contributed by atoms with Gasteiger partial charge in [0.1, 0.15) is 6.61 Å². The van der Waals surface area contributed by atoms with Crippen molar-refractivity contribution < 1.29 is 4.74 Å². The first-order valence-electron chi connectivity index (χ1n) is 6.82. The van der Waals surface area contributed by atoms with Crippen LogP contribution in [0.1, 0.15) is 51.2 Å². The molecule has 102 valence electrons. The summed E-state index contributed by atoms with van der Waals surface area (Å²) < 4.78 is 5.35. The molecule has 0 amide bonds. The normalized spacial score (nSPS) is 11.2. The SMILES string of the molecule is CCCc1nc(COCC)ncc1CNC(C)C. The average Bonchev–Trinajstić information content (AvgIpc) is 2.35. The van der Waals surface area contributed by atoms with Crippen LogP contribution in [0.5, 0.6) is 0 Å². The van der Waals surface area contributed by atoms with Gasteiger partial charge in [0, 0.05) is 36.6 Å². The van der Waals surface area contributed by atoms with Crippen molar-refractivity contribution in [3.05, 3.63) is 23.3 Å². The van der Waals surface area contributed by atoms with Crippen LogP contribution >= 0.6 is 0 Å². The lowest BCUT2D eigenvalue weighted by Crippen LogP contribution is -2.23. The lowest BCUT2D eigenvalue weighted by molar-refractivity contribution is 0.128. The first kappa shape index (κ1) is 15.1. The maximum absolute atomic E-state index is 5.35. The molecule has 0 spiro atoms. The molecule has 18 heavy (non-hydrogen) atoms. The summed E-state index contributed by atoms with van der Waals surface area (Å²) in [6.07, 6.45) is 4.03.